The Kier molecular flexibility index (Phi) is 3.22. The van der Waals surface area contributed by atoms with Crippen molar-refractivity contribution in [3.05, 3.63) is 28.3 Å². The Hall–Kier alpha value is -1.29. The van der Waals surface area contributed by atoms with Crippen LogP contribution in [-0.2, 0) is 10.0 Å². The Morgan fingerprint density at radius 1 is 1.35 bits per heavy atom. The molecule has 3 fully saturated rings. The minimum Gasteiger partial charge on any atom is -0.393 e. The van der Waals surface area contributed by atoms with Crippen molar-refractivity contribution >= 4 is 27.3 Å². The quantitative estimate of drug-likeness (QED) is 0.838. The van der Waals surface area contributed by atoms with Gasteiger partial charge in [0.25, 0.3) is 0 Å². The van der Waals surface area contributed by atoms with Crippen LogP contribution in [-0.4, -0.2) is 31.4 Å². The highest BCUT2D eigenvalue weighted by atomic mass is 35.5. The summed E-state index contributed by atoms with van der Waals surface area (Å²) < 4.78 is 27.5. The highest BCUT2D eigenvalue weighted by molar-refractivity contribution is 7.93. The summed E-state index contributed by atoms with van der Waals surface area (Å²) in [7, 11) is -3.51. The van der Waals surface area contributed by atoms with Crippen LogP contribution in [0.2, 0.25) is 5.02 Å². The molecule has 5 atom stereocenters. The van der Waals surface area contributed by atoms with Crippen molar-refractivity contribution in [3.63, 3.8) is 0 Å². The van der Waals surface area contributed by atoms with E-state index in [0.29, 0.717) is 34.8 Å². The fourth-order valence-electron chi connectivity index (χ4n) is 4.78. The molecule has 1 heterocycles. The average molecular weight is 353 g/mol. The lowest BCUT2D eigenvalue weighted by atomic mass is 9.87. The van der Waals surface area contributed by atoms with Gasteiger partial charge in [-0.15, -0.1) is 0 Å². The van der Waals surface area contributed by atoms with Crippen molar-refractivity contribution in [3.8, 4) is 6.07 Å². The van der Waals surface area contributed by atoms with Gasteiger partial charge in [0.1, 0.15) is 6.07 Å². The first-order valence-electron chi connectivity index (χ1n) is 7.75. The molecule has 7 heteroatoms. The number of benzene rings is 1. The molecule has 1 aromatic rings. The monoisotopic (exact) mass is 352 g/mol. The molecule has 0 amide bonds. The van der Waals surface area contributed by atoms with Gasteiger partial charge in [-0.2, -0.15) is 5.26 Å². The van der Waals surface area contributed by atoms with Crippen LogP contribution in [0.1, 0.15) is 24.0 Å². The number of rotatable bonds is 1. The lowest BCUT2D eigenvalue weighted by molar-refractivity contribution is 0.102. The normalized spacial score (nSPS) is 37.0. The number of halogens is 1. The minimum absolute atomic E-state index is 0.0854. The van der Waals surface area contributed by atoms with E-state index in [1.807, 2.05) is 6.07 Å². The van der Waals surface area contributed by atoms with Crippen LogP contribution in [0.3, 0.4) is 0 Å². The van der Waals surface area contributed by atoms with Gasteiger partial charge in [-0.3, -0.25) is 4.31 Å². The number of sulfonamides is 1. The van der Waals surface area contributed by atoms with E-state index in [9.17, 15) is 13.5 Å². The summed E-state index contributed by atoms with van der Waals surface area (Å²) in [5.41, 5.74) is 1.51. The molecule has 0 radical (unpaired) electrons. The summed E-state index contributed by atoms with van der Waals surface area (Å²) >= 11 is 6.20. The molecule has 5 nitrogen and oxygen atoms in total. The first kappa shape index (κ1) is 15.3. The van der Waals surface area contributed by atoms with Crippen LogP contribution in [0.25, 0.3) is 0 Å². The van der Waals surface area contributed by atoms with Gasteiger partial charge in [-0.1, -0.05) is 11.6 Å². The third-order valence-corrected chi connectivity index (χ3v) is 8.67. The van der Waals surface area contributed by atoms with Gasteiger partial charge in [0.15, 0.2) is 0 Å². The zero-order chi connectivity index (χ0) is 16.5. The summed E-state index contributed by atoms with van der Waals surface area (Å²) in [6.45, 7) is 2.19. The topological polar surface area (TPSA) is 81.4 Å². The highest BCUT2D eigenvalue weighted by Gasteiger charge is 2.62. The first-order valence-corrected chi connectivity index (χ1v) is 9.63. The van der Waals surface area contributed by atoms with E-state index in [-0.39, 0.29) is 17.8 Å². The smallest absolute Gasteiger partial charge is 0.238 e. The van der Waals surface area contributed by atoms with Crippen LogP contribution in [0.5, 0.6) is 0 Å². The van der Waals surface area contributed by atoms with E-state index in [2.05, 4.69) is 0 Å². The van der Waals surface area contributed by atoms with Crippen molar-refractivity contribution in [2.45, 2.75) is 31.1 Å². The molecule has 0 aromatic heterocycles. The summed E-state index contributed by atoms with van der Waals surface area (Å²) in [6.07, 6.45) is 1.03. The Bertz CT molecular complexity index is 832. The predicted molar refractivity (Wildman–Crippen MR) is 86.7 cm³/mol. The van der Waals surface area contributed by atoms with Crippen molar-refractivity contribution in [1.82, 2.24) is 0 Å². The lowest BCUT2D eigenvalue weighted by Crippen LogP contribution is -2.38. The molecular weight excluding hydrogens is 336 g/mol. The van der Waals surface area contributed by atoms with Crippen LogP contribution < -0.4 is 4.31 Å². The Morgan fingerprint density at radius 2 is 2.09 bits per heavy atom. The Balaban J connectivity index is 1.78. The number of nitriles is 1. The zero-order valence-electron chi connectivity index (χ0n) is 12.6. The number of aliphatic hydroxyl groups is 1. The lowest BCUT2D eigenvalue weighted by Gasteiger charge is -2.26. The molecule has 1 aromatic carbocycles. The number of anilines is 1. The van der Waals surface area contributed by atoms with E-state index >= 15 is 0 Å². The van der Waals surface area contributed by atoms with Crippen LogP contribution >= 0.6 is 11.6 Å². The second-order valence-corrected chi connectivity index (χ2v) is 9.24. The van der Waals surface area contributed by atoms with E-state index in [1.165, 1.54) is 4.31 Å². The maximum atomic E-state index is 13.0. The van der Waals surface area contributed by atoms with E-state index in [1.54, 1.807) is 19.1 Å². The average Bonchev–Trinajstić information content (AvgIpc) is 3.12. The van der Waals surface area contributed by atoms with Gasteiger partial charge < -0.3 is 5.11 Å². The van der Waals surface area contributed by atoms with E-state index < -0.39 is 21.4 Å². The maximum Gasteiger partial charge on any atom is 0.238 e. The number of nitrogens with zero attached hydrogens (tertiary/aromatic N) is 2. The number of hydrogen-bond donors (Lipinski definition) is 1. The minimum atomic E-state index is -3.51. The molecule has 23 heavy (non-hydrogen) atoms. The van der Waals surface area contributed by atoms with Crippen LogP contribution in [0, 0.1) is 36.0 Å². The van der Waals surface area contributed by atoms with E-state index in [4.69, 9.17) is 16.9 Å². The highest BCUT2D eigenvalue weighted by Crippen LogP contribution is 2.56. The third-order valence-electron chi connectivity index (χ3n) is 5.84. The summed E-state index contributed by atoms with van der Waals surface area (Å²) in [6, 6.07) is 5.24. The summed E-state index contributed by atoms with van der Waals surface area (Å²) in [4.78, 5) is 0. The summed E-state index contributed by atoms with van der Waals surface area (Å²) in [5, 5.41) is 19.0. The largest absolute Gasteiger partial charge is 0.393 e. The predicted octanol–water partition coefficient (Wildman–Crippen LogP) is 2.06. The molecule has 4 rings (SSSR count). The number of hydrogen-bond acceptors (Lipinski definition) is 4. The second-order valence-electron chi connectivity index (χ2n) is 6.85. The molecule has 3 aliphatic rings. The van der Waals surface area contributed by atoms with Gasteiger partial charge in [0.2, 0.25) is 10.0 Å². The standard InChI is InChI=1S/C16H17ClN2O3S/c1-8-13(3-2-9(6-18)15(8)17)19-7-12-10-4-11(14(20)5-10)16(12)23(19,21)22/h2-3,10-12,14,16,20H,4-5,7H2,1H3/t10-,11-,12+,14+,16-/m1/s1. The fourth-order valence-corrected chi connectivity index (χ4v) is 7.61. The first-order chi connectivity index (χ1) is 10.9. The van der Waals surface area contributed by atoms with E-state index in [0.717, 1.165) is 6.42 Å². The number of fused-ring (bicyclic) bond motifs is 5. The van der Waals surface area contributed by atoms with Gasteiger partial charge in [-0.25, -0.2) is 8.42 Å². The molecular formula is C16H17ClN2O3S. The molecule has 0 unspecified atom stereocenters. The maximum absolute atomic E-state index is 13.0. The molecule has 2 aliphatic carbocycles. The van der Waals surface area contributed by atoms with Crippen molar-refractivity contribution in [1.29, 1.82) is 5.26 Å². The SMILES string of the molecule is Cc1c(N2C[C@H]3[C@@H]4C[C@@H]([C@H]3S2(=O)=O)[C@@H](O)C4)ccc(C#N)c1Cl. The molecule has 1 N–H and O–H groups in total. The van der Waals surface area contributed by atoms with Crippen LogP contribution in [0.15, 0.2) is 12.1 Å². The van der Waals surface area contributed by atoms with Crippen molar-refractivity contribution in [2.24, 2.45) is 17.8 Å². The van der Waals surface area contributed by atoms with Crippen molar-refractivity contribution < 1.29 is 13.5 Å². The van der Waals surface area contributed by atoms with Gasteiger partial charge in [-0.05, 0) is 49.3 Å². The Labute approximate surface area is 140 Å². The second kappa shape index (κ2) is 4.85. The molecule has 2 bridgehead atoms. The molecule has 1 aliphatic heterocycles. The van der Waals surface area contributed by atoms with Crippen LogP contribution in [0.4, 0.5) is 5.69 Å². The Morgan fingerprint density at radius 3 is 2.78 bits per heavy atom. The third kappa shape index (κ3) is 1.90. The molecule has 122 valence electrons. The molecule has 2 saturated carbocycles. The molecule has 1 saturated heterocycles. The van der Waals surface area contributed by atoms with Gasteiger partial charge >= 0.3 is 0 Å². The molecule has 0 spiro atoms. The van der Waals surface area contributed by atoms with Gasteiger partial charge in [0.05, 0.1) is 27.6 Å². The fraction of sp³-hybridized carbons (Fsp3) is 0.562. The van der Waals surface area contributed by atoms with Crippen molar-refractivity contribution in [2.75, 3.05) is 10.8 Å². The number of aliphatic hydroxyl groups excluding tert-OH is 1. The zero-order valence-corrected chi connectivity index (χ0v) is 14.2. The summed E-state index contributed by atoms with van der Waals surface area (Å²) in [5.74, 6) is 0.227. The van der Waals surface area contributed by atoms with Gasteiger partial charge in [0, 0.05) is 12.5 Å².